The average molecular weight is 547 g/mol. The molecule has 0 radical (unpaired) electrons. The number of hydrogen-bond acceptors (Lipinski definition) is 11. The van der Waals surface area contributed by atoms with Gasteiger partial charge < -0.3 is 38.6 Å². The number of aromatic nitrogens is 4. The lowest BCUT2D eigenvalue weighted by molar-refractivity contribution is -0.204. The first-order valence-electron chi connectivity index (χ1n) is 11.7. The van der Waals surface area contributed by atoms with Crippen molar-refractivity contribution in [3.05, 3.63) is 48.5 Å². The summed E-state index contributed by atoms with van der Waals surface area (Å²) < 4.78 is 37.0. The molecule has 0 bridgehead atoms. The van der Waals surface area contributed by atoms with Crippen molar-refractivity contribution >= 4 is 36.6 Å². The number of nitrogens with one attached hydrogen (secondary N) is 2. The van der Waals surface area contributed by atoms with Crippen LogP contribution in [0.2, 0.25) is 0 Å². The number of urea groups is 1. The number of amides is 2. The van der Waals surface area contributed by atoms with Gasteiger partial charge in [-0.3, -0.25) is 14.7 Å². The van der Waals surface area contributed by atoms with E-state index in [1.54, 1.807) is 11.5 Å². The summed E-state index contributed by atoms with van der Waals surface area (Å²) in [6, 6.07) is 8.69. The summed E-state index contributed by atoms with van der Waals surface area (Å²) in [5.41, 5.74) is 1.36. The predicted octanol–water partition coefficient (Wildman–Crippen LogP) is 1.00. The molecule has 0 aliphatic carbocycles. The van der Waals surface area contributed by atoms with Gasteiger partial charge in [-0.1, -0.05) is 30.3 Å². The maximum Gasteiger partial charge on any atom is 0.320 e. The van der Waals surface area contributed by atoms with Crippen molar-refractivity contribution in [3.8, 4) is 0 Å². The Morgan fingerprint density at radius 2 is 1.92 bits per heavy atom. The lowest BCUT2D eigenvalue weighted by Gasteiger charge is -2.25. The molecule has 4 heterocycles. The van der Waals surface area contributed by atoms with Gasteiger partial charge >= 0.3 is 12.0 Å². The molecule has 0 spiro atoms. The number of carboxylic acid groups (broad SMARTS) is 1. The van der Waals surface area contributed by atoms with Crippen molar-refractivity contribution in [1.29, 1.82) is 0 Å². The highest BCUT2D eigenvalue weighted by Gasteiger charge is 2.54. The molecule has 2 aliphatic heterocycles. The molecule has 2 aliphatic rings. The number of carbonyl (C=O) groups is 2. The second-order valence-corrected chi connectivity index (χ2v) is 10.3. The summed E-state index contributed by atoms with van der Waals surface area (Å²) in [5.74, 6) is -1.35. The van der Waals surface area contributed by atoms with Crippen molar-refractivity contribution in [2.24, 2.45) is 0 Å². The van der Waals surface area contributed by atoms with E-state index in [4.69, 9.17) is 23.8 Å². The van der Waals surface area contributed by atoms with Gasteiger partial charge in [-0.05, 0) is 6.92 Å². The second-order valence-electron chi connectivity index (χ2n) is 8.50. The molecule has 3 N–H and O–H groups in total. The summed E-state index contributed by atoms with van der Waals surface area (Å²) >= 11 is 0. The lowest BCUT2D eigenvalue weighted by Crippen LogP contribution is -2.32. The molecule has 6 atom stereocenters. The van der Waals surface area contributed by atoms with E-state index in [0.717, 1.165) is 5.56 Å². The number of carboxylic acids is 1. The number of ether oxygens (including phenoxy) is 3. The number of imidazole rings is 1. The Hall–Kier alpha value is -3.46. The third-order valence-corrected chi connectivity index (χ3v) is 7.09. The zero-order valence-electron chi connectivity index (χ0n) is 20.0. The summed E-state index contributed by atoms with van der Waals surface area (Å²) in [6.07, 6.45) is -2.52. The number of fused-ring (bicyclic) bond motifs is 2. The Balaban J connectivity index is 1.43. The molecule has 0 saturated carbocycles. The highest BCUT2D eigenvalue weighted by atomic mass is 31.2. The first-order valence-corrected chi connectivity index (χ1v) is 13.4. The fourth-order valence-corrected chi connectivity index (χ4v) is 5.10. The van der Waals surface area contributed by atoms with Crippen molar-refractivity contribution in [2.45, 2.75) is 37.8 Å². The number of benzene rings is 1. The van der Waals surface area contributed by atoms with E-state index < -0.39 is 63.2 Å². The third kappa shape index (κ3) is 5.38. The van der Waals surface area contributed by atoms with Gasteiger partial charge in [0.05, 0.1) is 12.9 Å². The fourth-order valence-electron chi connectivity index (χ4n) is 4.30. The van der Waals surface area contributed by atoms with Crippen LogP contribution in [0.15, 0.2) is 43.0 Å². The Morgan fingerprint density at radius 3 is 2.66 bits per heavy atom. The lowest BCUT2D eigenvalue weighted by atomic mass is 10.1. The van der Waals surface area contributed by atoms with Crippen LogP contribution in [0, 0.1) is 0 Å². The number of aliphatic carboxylic acids is 1. The number of hydrogen-bond donors (Lipinski definition) is 3. The third-order valence-electron chi connectivity index (χ3n) is 5.89. The molecule has 15 nitrogen and oxygen atoms in total. The van der Waals surface area contributed by atoms with Gasteiger partial charge in [0.15, 0.2) is 29.5 Å². The molecular weight excluding hydrogens is 523 g/mol. The highest BCUT2D eigenvalue weighted by molar-refractivity contribution is 7.52. The van der Waals surface area contributed by atoms with Gasteiger partial charge in [0.1, 0.15) is 38.4 Å². The maximum atomic E-state index is 12.1. The van der Waals surface area contributed by atoms with Crippen molar-refractivity contribution in [1.82, 2.24) is 24.8 Å². The van der Waals surface area contributed by atoms with Crippen LogP contribution in [0.4, 0.5) is 10.6 Å². The first kappa shape index (κ1) is 26.2. The Morgan fingerprint density at radius 1 is 1.16 bits per heavy atom. The second kappa shape index (κ2) is 10.7. The van der Waals surface area contributed by atoms with E-state index in [-0.39, 0.29) is 5.82 Å². The van der Waals surface area contributed by atoms with E-state index in [0.29, 0.717) is 17.7 Å². The van der Waals surface area contributed by atoms with E-state index in [9.17, 15) is 19.0 Å². The molecule has 3 unspecified atom stereocenters. The van der Waals surface area contributed by atoms with Crippen LogP contribution >= 0.6 is 7.60 Å². The number of nitrogens with zero attached hydrogens (tertiary/aromatic N) is 4. The first-order chi connectivity index (χ1) is 18.3. The van der Waals surface area contributed by atoms with E-state index in [2.05, 4.69) is 25.6 Å². The molecule has 1 aromatic carbocycles. The van der Waals surface area contributed by atoms with Gasteiger partial charge in [-0.15, -0.1) is 0 Å². The average Bonchev–Trinajstić information content (AvgIpc) is 3.57. The Kier molecular flexibility index (Phi) is 7.38. The molecule has 2 aromatic heterocycles. The maximum absolute atomic E-state index is 12.1. The largest absolute Gasteiger partial charge is 0.778 e. The molecule has 3 aromatic rings. The molecule has 38 heavy (non-hydrogen) atoms. The summed E-state index contributed by atoms with van der Waals surface area (Å²) in [6.45, 7) is 1.71. The van der Waals surface area contributed by atoms with Gasteiger partial charge in [-0.25, -0.2) is 19.7 Å². The van der Waals surface area contributed by atoms with E-state index in [1.807, 2.05) is 30.3 Å². The van der Waals surface area contributed by atoms with E-state index >= 15 is 0 Å². The molecule has 16 heteroatoms. The van der Waals surface area contributed by atoms with Gasteiger partial charge in [-0.2, -0.15) is 0 Å². The van der Waals surface area contributed by atoms with Gasteiger partial charge in [0.2, 0.25) is 0 Å². The highest BCUT2D eigenvalue weighted by Crippen LogP contribution is 2.46. The Labute approximate surface area is 215 Å². The van der Waals surface area contributed by atoms with E-state index in [1.165, 1.54) is 12.7 Å². The number of carbonyl (C=O) groups excluding carboxylic acids is 1. The monoisotopic (exact) mass is 547 g/mol. The van der Waals surface area contributed by atoms with Gasteiger partial charge in [0, 0.05) is 12.1 Å². The van der Waals surface area contributed by atoms with Crippen LogP contribution in [-0.4, -0.2) is 74.3 Å². The Bertz CT molecular complexity index is 1370. The fraction of sp³-hybridized carbons (Fsp3) is 0.409. The smallest absolute Gasteiger partial charge is 0.320 e. The van der Waals surface area contributed by atoms with Crippen LogP contribution in [0.5, 0.6) is 0 Å². The predicted molar refractivity (Wildman–Crippen MR) is 127 cm³/mol. The van der Waals surface area contributed by atoms with Crippen LogP contribution in [0.3, 0.4) is 0 Å². The van der Waals surface area contributed by atoms with Crippen molar-refractivity contribution < 1.29 is 42.9 Å². The minimum absolute atomic E-state index is 0.181. The van der Waals surface area contributed by atoms with Crippen molar-refractivity contribution in [3.63, 3.8) is 0 Å². The molecule has 2 amide bonds. The van der Waals surface area contributed by atoms with Crippen LogP contribution in [0.1, 0.15) is 25.0 Å². The SMILES string of the molecule is CCNC(=O)Nc1ncnc2c1ncn2[C@@H]1O[C@H](COP(=O)([O-])CC(=O)O)C2O[C@@H](c3ccccc3)OC21. The number of rotatable bonds is 9. The van der Waals surface area contributed by atoms with Crippen molar-refractivity contribution in [2.75, 3.05) is 24.6 Å². The standard InChI is InChI=1S/C22H25N6O9P/c1-2-23-22(31)27-18-15-19(25-10-24-18)28(11-26-15)20-17-16(36-21(37-17)12-6-4-3-5-7-12)13(35-20)8-34-38(32,33)9-14(29)30/h3-7,10-11,13,16-17,20-21H,2,8-9H2,1H3,(H,29,30)(H,32,33)(H2,23,24,25,27,31)/p-1/t13-,16?,17?,20-,21-/m1/s1. The summed E-state index contributed by atoms with van der Waals surface area (Å²) in [4.78, 5) is 47.7. The molecule has 202 valence electrons. The zero-order valence-corrected chi connectivity index (χ0v) is 20.9. The number of anilines is 1. The van der Waals surface area contributed by atoms with Gasteiger partial charge in [0.25, 0.3) is 0 Å². The molecule has 5 rings (SSSR count). The minimum atomic E-state index is -4.67. The normalized spacial score (nSPS) is 26.1. The van der Waals surface area contributed by atoms with Crippen LogP contribution in [-0.2, 0) is 28.1 Å². The summed E-state index contributed by atoms with van der Waals surface area (Å²) in [5, 5.41) is 14.1. The summed E-state index contributed by atoms with van der Waals surface area (Å²) in [7, 11) is -4.67. The van der Waals surface area contributed by atoms with Crippen LogP contribution in [0.25, 0.3) is 11.2 Å². The topological polar surface area (TPSA) is 199 Å². The molecule has 2 fully saturated rings. The van der Waals surface area contributed by atoms with Crippen LogP contribution < -0.4 is 15.5 Å². The quantitative estimate of drug-likeness (QED) is 0.322. The molecule has 2 saturated heterocycles. The molecular formula is C22H24N6O9P-. The minimum Gasteiger partial charge on any atom is -0.778 e. The zero-order chi connectivity index (χ0) is 26.9.